The molecule has 0 bridgehead atoms. The number of amides is 1. The van der Waals surface area contributed by atoms with Crippen molar-refractivity contribution in [2.24, 2.45) is 0 Å². The van der Waals surface area contributed by atoms with Gasteiger partial charge in [0.2, 0.25) is 4.96 Å². The summed E-state index contributed by atoms with van der Waals surface area (Å²) >= 11 is 6.77. The summed E-state index contributed by atoms with van der Waals surface area (Å²) in [4.78, 5) is 13.2. The zero-order chi connectivity index (χ0) is 22.7. The maximum atomic E-state index is 12.4. The zero-order valence-electron chi connectivity index (χ0n) is 17.8. The van der Waals surface area contributed by atoms with Crippen molar-refractivity contribution in [1.29, 1.82) is 0 Å². The van der Waals surface area contributed by atoms with E-state index in [0.717, 1.165) is 33.5 Å². The number of thiocarbonyl (C=S) groups is 1. The third kappa shape index (κ3) is 4.92. The van der Waals surface area contributed by atoms with Crippen LogP contribution in [0.15, 0.2) is 48.5 Å². The lowest BCUT2D eigenvalue weighted by atomic mass is 10.2. The largest absolute Gasteiger partial charge is 0.491 e. The van der Waals surface area contributed by atoms with Crippen molar-refractivity contribution < 1.29 is 9.53 Å². The quantitative estimate of drug-likeness (QED) is 0.409. The lowest BCUT2D eigenvalue weighted by Gasteiger charge is -2.11. The van der Waals surface area contributed by atoms with E-state index >= 15 is 0 Å². The van der Waals surface area contributed by atoms with Crippen LogP contribution >= 0.6 is 23.6 Å². The summed E-state index contributed by atoms with van der Waals surface area (Å²) in [6.45, 7) is 5.92. The standard InChI is InChI=1S/C22H22N6O2S2/c1-4-18-25-26-22-28(18)27-20(32-22)15-5-9-16(10-6-15)23-21(31)24-19(29)14-7-11-17(12-8-14)30-13(2)3/h5-13H,4H2,1-3H3,(H2,23,24,29,31). The summed E-state index contributed by atoms with van der Waals surface area (Å²) in [6, 6.07) is 14.6. The van der Waals surface area contributed by atoms with Crippen LogP contribution in [0.2, 0.25) is 0 Å². The van der Waals surface area contributed by atoms with E-state index in [1.807, 2.05) is 45.0 Å². The number of nitrogens with zero attached hydrogens (tertiary/aromatic N) is 4. The molecule has 0 saturated carbocycles. The fourth-order valence-electron chi connectivity index (χ4n) is 2.99. The van der Waals surface area contributed by atoms with Gasteiger partial charge in [-0.25, -0.2) is 0 Å². The van der Waals surface area contributed by atoms with Gasteiger partial charge >= 0.3 is 0 Å². The van der Waals surface area contributed by atoms with Gasteiger partial charge in [0.05, 0.1) is 6.10 Å². The first-order chi connectivity index (χ1) is 15.4. The van der Waals surface area contributed by atoms with E-state index in [9.17, 15) is 4.79 Å². The zero-order valence-corrected chi connectivity index (χ0v) is 19.5. The summed E-state index contributed by atoms with van der Waals surface area (Å²) in [5.41, 5.74) is 2.22. The second-order valence-corrected chi connectivity index (χ2v) is 8.61. The minimum atomic E-state index is -0.290. The fourth-order valence-corrected chi connectivity index (χ4v) is 4.06. The topological polar surface area (TPSA) is 93.4 Å². The van der Waals surface area contributed by atoms with Crippen molar-refractivity contribution in [3.05, 3.63) is 59.9 Å². The SMILES string of the molecule is CCc1nnc2sc(-c3ccc(NC(=S)NC(=O)c4ccc(OC(C)C)cc4)cc3)nn12. The molecule has 0 radical (unpaired) electrons. The lowest BCUT2D eigenvalue weighted by Crippen LogP contribution is -2.34. The Morgan fingerprint density at radius 2 is 1.84 bits per heavy atom. The average Bonchev–Trinajstić information content (AvgIpc) is 3.35. The van der Waals surface area contributed by atoms with Crippen molar-refractivity contribution in [3.63, 3.8) is 0 Å². The second-order valence-electron chi connectivity index (χ2n) is 7.25. The molecule has 0 atom stereocenters. The summed E-state index contributed by atoms with van der Waals surface area (Å²) in [7, 11) is 0. The number of hydrogen-bond acceptors (Lipinski definition) is 7. The first-order valence-electron chi connectivity index (χ1n) is 10.1. The molecule has 10 heteroatoms. The fraction of sp³-hybridized carbons (Fsp3) is 0.227. The molecule has 4 rings (SSSR count). The number of carbonyl (C=O) groups is 1. The van der Waals surface area contributed by atoms with Crippen molar-refractivity contribution in [1.82, 2.24) is 25.1 Å². The van der Waals surface area contributed by atoms with Gasteiger partial charge in [-0.2, -0.15) is 9.61 Å². The molecule has 0 saturated heterocycles. The van der Waals surface area contributed by atoms with Crippen molar-refractivity contribution in [2.45, 2.75) is 33.3 Å². The molecule has 0 fully saturated rings. The maximum Gasteiger partial charge on any atom is 0.257 e. The maximum absolute atomic E-state index is 12.4. The molecule has 0 spiro atoms. The second kappa shape index (κ2) is 9.41. The van der Waals surface area contributed by atoms with Crippen LogP contribution in [0.4, 0.5) is 5.69 Å². The lowest BCUT2D eigenvalue weighted by molar-refractivity contribution is 0.0977. The molecule has 0 unspecified atom stereocenters. The minimum Gasteiger partial charge on any atom is -0.491 e. The Kier molecular flexibility index (Phi) is 6.42. The van der Waals surface area contributed by atoms with E-state index in [0.29, 0.717) is 11.3 Å². The van der Waals surface area contributed by atoms with Crippen LogP contribution in [0.1, 0.15) is 37.0 Å². The van der Waals surface area contributed by atoms with Gasteiger partial charge in [0, 0.05) is 23.2 Å². The molecule has 4 aromatic rings. The molecule has 0 aliphatic carbocycles. The Balaban J connectivity index is 1.36. The summed E-state index contributed by atoms with van der Waals surface area (Å²) < 4.78 is 7.37. The number of anilines is 1. The summed E-state index contributed by atoms with van der Waals surface area (Å²) in [6.07, 6.45) is 0.845. The van der Waals surface area contributed by atoms with Gasteiger partial charge in [0.1, 0.15) is 10.8 Å². The highest BCUT2D eigenvalue weighted by Crippen LogP contribution is 2.26. The predicted molar refractivity (Wildman–Crippen MR) is 129 cm³/mol. The van der Waals surface area contributed by atoms with E-state index in [-0.39, 0.29) is 17.1 Å². The number of aryl methyl sites for hydroxylation is 1. The van der Waals surface area contributed by atoms with E-state index < -0.39 is 0 Å². The highest BCUT2D eigenvalue weighted by Gasteiger charge is 2.12. The molecule has 1 amide bonds. The number of ether oxygens (including phenoxy) is 1. The molecule has 0 aliphatic rings. The number of benzene rings is 2. The van der Waals surface area contributed by atoms with E-state index in [4.69, 9.17) is 17.0 Å². The third-order valence-electron chi connectivity index (χ3n) is 4.48. The number of fused-ring (bicyclic) bond motifs is 1. The van der Waals surface area contributed by atoms with Gasteiger partial charge in [-0.3, -0.25) is 10.1 Å². The van der Waals surface area contributed by atoms with E-state index in [2.05, 4.69) is 25.9 Å². The molecule has 2 aromatic heterocycles. The summed E-state index contributed by atoms with van der Waals surface area (Å²) in [5, 5.41) is 19.7. The Bertz CT molecular complexity index is 1250. The molecular weight excluding hydrogens is 444 g/mol. The van der Waals surface area contributed by atoms with Crippen LogP contribution in [0.25, 0.3) is 15.5 Å². The number of rotatable bonds is 6. The average molecular weight is 467 g/mol. The Hall–Kier alpha value is -3.37. The summed E-state index contributed by atoms with van der Waals surface area (Å²) in [5.74, 6) is 1.26. The van der Waals surface area contributed by atoms with Crippen molar-refractivity contribution >= 4 is 45.2 Å². The van der Waals surface area contributed by atoms with Crippen LogP contribution in [0, 0.1) is 0 Å². The van der Waals surface area contributed by atoms with Crippen LogP contribution < -0.4 is 15.4 Å². The number of aromatic nitrogens is 4. The molecule has 2 aromatic carbocycles. The van der Waals surface area contributed by atoms with Gasteiger partial charge in [-0.1, -0.05) is 18.3 Å². The highest BCUT2D eigenvalue weighted by molar-refractivity contribution is 7.80. The molecule has 2 heterocycles. The van der Waals surface area contributed by atoms with Gasteiger partial charge in [-0.15, -0.1) is 10.2 Å². The first-order valence-corrected chi connectivity index (χ1v) is 11.4. The third-order valence-corrected chi connectivity index (χ3v) is 5.63. The van der Waals surface area contributed by atoms with Crippen molar-refractivity contribution in [2.75, 3.05) is 5.32 Å². The molecular formula is C22H22N6O2S2. The normalized spacial score (nSPS) is 11.0. The molecule has 32 heavy (non-hydrogen) atoms. The Morgan fingerprint density at radius 1 is 1.12 bits per heavy atom. The highest BCUT2D eigenvalue weighted by atomic mass is 32.1. The smallest absolute Gasteiger partial charge is 0.257 e. The Labute approximate surface area is 194 Å². The van der Waals surface area contributed by atoms with E-state index in [1.165, 1.54) is 11.3 Å². The number of nitrogens with one attached hydrogen (secondary N) is 2. The van der Waals surface area contributed by atoms with Crippen LogP contribution in [0.3, 0.4) is 0 Å². The van der Waals surface area contributed by atoms with Gasteiger partial charge in [0.15, 0.2) is 10.9 Å². The number of carbonyl (C=O) groups excluding carboxylic acids is 1. The van der Waals surface area contributed by atoms with Crippen LogP contribution in [-0.2, 0) is 6.42 Å². The van der Waals surface area contributed by atoms with Crippen LogP contribution in [-0.4, -0.2) is 36.9 Å². The molecule has 0 aliphatic heterocycles. The van der Waals surface area contributed by atoms with Gasteiger partial charge in [-0.05, 0) is 74.6 Å². The predicted octanol–water partition coefficient (Wildman–Crippen LogP) is 4.33. The van der Waals surface area contributed by atoms with Crippen LogP contribution in [0.5, 0.6) is 5.75 Å². The molecule has 164 valence electrons. The Morgan fingerprint density at radius 3 is 2.50 bits per heavy atom. The van der Waals surface area contributed by atoms with Crippen molar-refractivity contribution in [3.8, 4) is 16.3 Å². The number of hydrogen-bond donors (Lipinski definition) is 2. The van der Waals surface area contributed by atoms with Gasteiger partial charge in [0.25, 0.3) is 5.91 Å². The minimum absolute atomic E-state index is 0.0748. The monoisotopic (exact) mass is 466 g/mol. The molecule has 8 nitrogen and oxygen atoms in total. The van der Waals surface area contributed by atoms with E-state index in [1.54, 1.807) is 28.8 Å². The first kappa shape index (κ1) is 21.8. The molecule has 2 N–H and O–H groups in total. The van der Waals surface area contributed by atoms with Gasteiger partial charge < -0.3 is 10.1 Å².